The molecule has 0 bridgehead atoms. The second-order valence-electron chi connectivity index (χ2n) is 3.99. The van der Waals surface area contributed by atoms with Gasteiger partial charge < -0.3 is 19.6 Å². The van der Waals surface area contributed by atoms with Crippen LogP contribution in [0, 0.1) is 0 Å². The molecule has 0 fully saturated rings. The third-order valence-corrected chi connectivity index (χ3v) is 2.66. The van der Waals surface area contributed by atoms with E-state index in [-0.39, 0.29) is 0 Å². The van der Waals surface area contributed by atoms with Gasteiger partial charge in [0.25, 0.3) is 0 Å². The maximum atomic E-state index is 5.58. The lowest BCUT2D eigenvalue weighted by molar-refractivity contribution is 0.394. The lowest BCUT2D eigenvalue weighted by Crippen LogP contribution is -2.00. The van der Waals surface area contributed by atoms with Gasteiger partial charge in [-0.2, -0.15) is 0 Å². The summed E-state index contributed by atoms with van der Waals surface area (Å²) in [6.07, 6.45) is 1.51. The average Bonchev–Trinajstić information content (AvgIpc) is 2.93. The Morgan fingerprint density at radius 3 is 2.37 bits per heavy atom. The molecule has 0 amide bonds. The Hall–Kier alpha value is -2.08. The number of hydrogen-bond acceptors (Lipinski definition) is 6. The first-order chi connectivity index (χ1) is 9.26. The van der Waals surface area contributed by atoms with Gasteiger partial charge in [-0.15, -0.1) is 10.2 Å². The van der Waals surface area contributed by atoms with Gasteiger partial charge in [-0.05, 0) is 25.1 Å². The fraction of sp³-hybridized carbons (Fsp3) is 0.385. The minimum Gasteiger partial charge on any atom is -0.497 e. The Labute approximate surface area is 111 Å². The van der Waals surface area contributed by atoms with Crippen molar-refractivity contribution in [1.82, 2.24) is 10.2 Å². The molecule has 2 aromatic rings. The van der Waals surface area contributed by atoms with Crippen molar-refractivity contribution < 1.29 is 13.9 Å². The third kappa shape index (κ3) is 3.23. The number of hydrogen-bond donors (Lipinski definition) is 1. The second-order valence-corrected chi connectivity index (χ2v) is 3.99. The molecule has 6 nitrogen and oxygen atoms in total. The summed E-state index contributed by atoms with van der Waals surface area (Å²) in [7, 11) is 3.19. The van der Waals surface area contributed by atoms with Crippen LogP contribution in [0.5, 0.6) is 11.5 Å². The zero-order valence-electron chi connectivity index (χ0n) is 11.0. The molecule has 19 heavy (non-hydrogen) atoms. The molecule has 0 saturated carbocycles. The van der Waals surface area contributed by atoms with E-state index in [0.29, 0.717) is 36.2 Å². The van der Waals surface area contributed by atoms with Gasteiger partial charge in [-0.1, -0.05) is 0 Å². The Bertz CT molecular complexity index is 517. The van der Waals surface area contributed by atoms with Crippen LogP contribution < -0.4 is 15.2 Å². The van der Waals surface area contributed by atoms with E-state index in [4.69, 9.17) is 19.6 Å². The zero-order chi connectivity index (χ0) is 13.7. The van der Waals surface area contributed by atoms with Crippen molar-refractivity contribution in [2.24, 2.45) is 5.73 Å². The monoisotopic (exact) mass is 263 g/mol. The number of aromatic nitrogens is 2. The first-order valence-electron chi connectivity index (χ1n) is 6.02. The van der Waals surface area contributed by atoms with E-state index >= 15 is 0 Å². The predicted octanol–water partition coefficient (Wildman–Crippen LogP) is 1.65. The van der Waals surface area contributed by atoms with E-state index in [1.54, 1.807) is 20.3 Å². The lowest BCUT2D eigenvalue weighted by Gasteiger charge is -2.05. The lowest BCUT2D eigenvalue weighted by atomic mass is 10.2. The average molecular weight is 263 g/mol. The zero-order valence-corrected chi connectivity index (χ0v) is 11.0. The molecule has 0 aliphatic heterocycles. The number of aryl methyl sites for hydroxylation is 1. The number of benzene rings is 1. The van der Waals surface area contributed by atoms with Crippen molar-refractivity contribution in [3.05, 3.63) is 24.1 Å². The van der Waals surface area contributed by atoms with Crippen LogP contribution in [-0.4, -0.2) is 31.0 Å². The Morgan fingerprint density at radius 2 is 1.79 bits per heavy atom. The second kappa shape index (κ2) is 6.19. The molecule has 0 radical (unpaired) electrons. The minimum absolute atomic E-state index is 0.448. The predicted molar refractivity (Wildman–Crippen MR) is 70.2 cm³/mol. The van der Waals surface area contributed by atoms with Crippen molar-refractivity contribution in [1.29, 1.82) is 0 Å². The first-order valence-corrected chi connectivity index (χ1v) is 6.02. The number of ether oxygens (including phenoxy) is 2. The van der Waals surface area contributed by atoms with Gasteiger partial charge in [-0.25, -0.2) is 0 Å². The van der Waals surface area contributed by atoms with E-state index in [2.05, 4.69) is 10.2 Å². The molecule has 1 aromatic heterocycles. The Morgan fingerprint density at radius 1 is 1.11 bits per heavy atom. The quantitative estimate of drug-likeness (QED) is 0.853. The van der Waals surface area contributed by atoms with Crippen molar-refractivity contribution >= 4 is 0 Å². The SMILES string of the molecule is COc1cc(OC)cc(-c2nnc(CCCN)o2)c1. The highest BCUT2D eigenvalue weighted by Gasteiger charge is 2.11. The maximum Gasteiger partial charge on any atom is 0.248 e. The van der Waals surface area contributed by atoms with Crippen molar-refractivity contribution in [2.45, 2.75) is 12.8 Å². The normalized spacial score (nSPS) is 10.5. The first kappa shape index (κ1) is 13.4. The number of nitrogens with zero attached hydrogens (tertiary/aromatic N) is 2. The van der Waals surface area contributed by atoms with Crippen LogP contribution in [0.25, 0.3) is 11.5 Å². The highest BCUT2D eigenvalue weighted by molar-refractivity contribution is 5.59. The third-order valence-electron chi connectivity index (χ3n) is 2.66. The van der Waals surface area contributed by atoms with E-state index in [1.807, 2.05) is 12.1 Å². The van der Waals surface area contributed by atoms with Gasteiger partial charge in [0.15, 0.2) is 0 Å². The smallest absolute Gasteiger partial charge is 0.248 e. The number of rotatable bonds is 6. The summed E-state index contributed by atoms with van der Waals surface area (Å²) in [5, 5.41) is 8.01. The van der Waals surface area contributed by atoms with Gasteiger partial charge in [0, 0.05) is 18.1 Å². The van der Waals surface area contributed by atoms with Crippen LogP contribution in [0.3, 0.4) is 0 Å². The molecule has 0 saturated heterocycles. The fourth-order valence-corrected chi connectivity index (χ4v) is 1.66. The summed E-state index contributed by atoms with van der Waals surface area (Å²) in [6.45, 7) is 0.602. The van der Waals surface area contributed by atoms with Crippen molar-refractivity contribution in [3.63, 3.8) is 0 Å². The summed E-state index contributed by atoms with van der Waals surface area (Å²) in [6, 6.07) is 5.43. The summed E-state index contributed by atoms with van der Waals surface area (Å²) >= 11 is 0. The Kier molecular flexibility index (Phi) is 4.35. The van der Waals surface area contributed by atoms with Crippen LogP contribution >= 0.6 is 0 Å². The molecule has 0 atom stereocenters. The van der Waals surface area contributed by atoms with E-state index in [0.717, 1.165) is 12.0 Å². The van der Waals surface area contributed by atoms with Crippen molar-refractivity contribution in [2.75, 3.05) is 20.8 Å². The summed E-state index contributed by atoms with van der Waals surface area (Å²) < 4.78 is 16.0. The molecule has 0 unspecified atom stereocenters. The summed E-state index contributed by atoms with van der Waals surface area (Å²) in [5.74, 6) is 2.39. The minimum atomic E-state index is 0.448. The van der Waals surface area contributed by atoms with Gasteiger partial charge in [-0.3, -0.25) is 0 Å². The fourth-order valence-electron chi connectivity index (χ4n) is 1.66. The van der Waals surface area contributed by atoms with Crippen LogP contribution in [0.15, 0.2) is 22.6 Å². The molecule has 6 heteroatoms. The number of nitrogens with two attached hydrogens (primary N) is 1. The summed E-state index contributed by atoms with van der Waals surface area (Å²) in [4.78, 5) is 0. The molecule has 0 spiro atoms. The van der Waals surface area contributed by atoms with Crippen LogP contribution in [0.4, 0.5) is 0 Å². The topological polar surface area (TPSA) is 83.4 Å². The highest BCUT2D eigenvalue weighted by atomic mass is 16.5. The van der Waals surface area contributed by atoms with Gasteiger partial charge in [0.05, 0.1) is 14.2 Å². The highest BCUT2D eigenvalue weighted by Crippen LogP contribution is 2.29. The molecule has 0 aliphatic rings. The van der Waals surface area contributed by atoms with E-state index in [1.165, 1.54) is 0 Å². The van der Waals surface area contributed by atoms with Crippen molar-refractivity contribution in [3.8, 4) is 23.0 Å². The molecule has 102 valence electrons. The maximum absolute atomic E-state index is 5.58. The standard InChI is InChI=1S/C13H17N3O3/c1-17-10-6-9(7-11(8-10)18-2)13-16-15-12(19-13)4-3-5-14/h6-8H,3-5,14H2,1-2H3. The molecule has 1 heterocycles. The van der Waals surface area contributed by atoms with E-state index < -0.39 is 0 Å². The molecule has 0 aliphatic carbocycles. The van der Waals surface area contributed by atoms with E-state index in [9.17, 15) is 0 Å². The van der Waals surface area contributed by atoms with Crippen LogP contribution in [0.1, 0.15) is 12.3 Å². The summed E-state index contributed by atoms with van der Waals surface area (Å²) in [5.41, 5.74) is 6.21. The largest absolute Gasteiger partial charge is 0.497 e. The molecule has 2 rings (SSSR count). The van der Waals surface area contributed by atoms with Crippen LogP contribution in [-0.2, 0) is 6.42 Å². The van der Waals surface area contributed by atoms with Gasteiger partial charge in [0.2, 0.25) is 11.8 Å². The van der Waals surface area contributed by atoms with Gasteiger partial charge >= 0.3 is 0 Å². The Balaban J connectivity index is 2.27. The molecule has 1 aromatic carbocycles. The molecular formula is C13H17N3O3. The van der Waals surface area contributed by atoms with Crippen LogP contribution in [0.2, 0.25) is 0 Å². The van der Waals surface area contributed by atoms with Gasteiger partial charge in [0.1, 0.15) is 11.5 Å². The molecule has 2 N–H and O–H groups in total. The number of methoxy groups -OCH3 is 2. The molecular weight excluding hydrogens is 246 g/mol.